The molecule has 5 heteroatoms. The Kier molecular flexibility index (Phi) is 9.83. The zero-order valence-electron chi connectivity index (χ0n) is 20.6. The van der Waals surface area contributed by atoms with Gasteiger partial charge < -0.3 is 9.30 Å². The summed E-state index contributed by atoms with van der Waals surface area (Å²) in [5.74, 6) is 1.89. The van der Waals surface area contributed by atoms with Gasteiger partial charge in [0.1, 0.15) is 11.6 Å². The van der Waals surface area contributed by atoms with Crippen molar-refractivity contribution in [3.63, 3.8) is 0 Å². The highest BCUT2D eigenvalue weighted by atomic mass is 35.5. The SMILES string of the molecule is CCCCN(CCc1ccc(OC)cc1)Cc1c(Cl)nc(-c2ccccc2C)n1CCCC. The quantitative estimate of drug-likeness (QED) is 0.267. The molecule has 0 amide bonds. The normalized spacial score (nSPS) is 11.3. The lowest BCUT2D eigenvalue weighted by molar-refractivity contribution is 0.257. The van der Waals surface area contributed by atoms with Crippen molar-refractivity contribution in [1.29, 1.82) is 0 Å². The highest BCUT2D eigenvalue weighted by Gasteiger charge is 2.20. The molecule has 0 unspecified atom stereocenters. The number of benzene rings is 2. The van der Waals surface area contributed by atoms with Crippen molar-refractivity contribution in [2.24, 2.45) is 0 Å². The molecule has 3 aromatic rings. The molecule has 4 nitrogen and oxygen atoms in total. The lowest BCUT2D eigenvalue weighted by atomic mass is 10.1. The Balaban J connectivity index is 1.85. The number of halogens is 1. The van der Waals surface area contributed by atoms with Crippen molar-refractivity contribution in [3.8, 4) is 17.1 Å². The van der Waals surface area contributed by atoms with Crippen LogP contribution in [0.15, 0.2) is 48.5 Å². The summed E-state index contributed by atoms with van der Waals surface area (Å²) in [4.78, 5) is 7.38. The van der Waals surface area contributed by atoms with E-state index in [9.17, 15) is 0 Å². The average molecular weight is 468 g/mol. The molecule has 0 radical (unpaired) electrons. The third-order valence-electron chi connectivity index (χ3n) is 6.22. The second-order valence-electron chi connectivity index (χ2n) is 8.72. The van der Waals surface area contributed by atoms with Crippen molar-refractivity contribution in [2.45, 2.75) is 66.0 Å². The van der Waals surface area contributed by atoms with Crippen molar-refractivity contribution in [2.75, 3.05) is 20.2 Å². The second-order valence-corrected chi connectivity index (χ2v) is 9.08. The largest absolute Gasteiger partial charge is 0.497 e. The van der Waals surface area contributed by atoms with Gasteiger partial charge in [0, 0.05) is 25.2 Å². The summed E-state index contributed by atoms with van der Waals surface area (Å²) in [6.07, 6.45) is 5.60. The van der Waals surface area contributed by atoms with Gasteiger partial charge in [-0.1, -0.05) is 74.7 Å². The number of unbranched alkanes of at least 4 members (excludes halogenated alkanes) is 2. The maximum atomic E-state index is 6.79. The molecule has 0 N–H and O–H groups in total. The fourth-order valence-corrected chi connectivity index (χ4v) is 4.38. The van der Waals surface area contributed by atoms with E-state index in [1.807, 2.05) is 12.1 Å². The summed E-state index contributed by atoms with van der Waals surface area (Å²) in [6, 6.07) is 16.8. The van der Waals surface area contributed by atoms with E-state index in [0.717, 1.165) is 62.7 Å². The van der Waals surface area contributed by atoms with E-state index >= 15 is 0 Å². The molecule has 0 aliphatic heterocycles. The summed E-state index contributed by atoms with van der Waals surface area (Å²) < 4.78 is 7.66. The molecule has 0 spiro atoms. The first-order valence-corrected chi connectivity index (χ1v) is 12.6. The molecule has 0 saturated heterocycles. The van der Waals surface area contributed by atoms with Crippen LogP contribution in [-0.2, 0) is 19.5 Å². The van der Waals surface area contributed by atoms with Gasteiger partial charge in [0.05, 0.1) is 12.8 Å². The molecule has 1 heterocycles. The van der Waals surface area contributed by atoms with Crippen LogP contribution in [0.2, 0.25) is 5.15 Å². The summed E-state index contributed by atoms with van der Waals surface area (Å²) in [7, 11) is 1.71. The minimum absolute atomic E-state index is 0.635. The van der Waals surface area contributed by atoms with Crippen molar-refractivity contribution in [1.82, 2.24) is 14.5 Å². The minimum Gasteiger partial charge on any atom is -0.497 e. The number of hydrogen-bond donors (Lipinski definition) is 0. The van der Waals surface area contributed by atoms with E-state index in [2.05, 4.69) is 66.6 Å². The molecule has 178 valence electrons. The molecule has 0 bridgehead atoms. The Morgan fingerprint density at radius 2 is 1.70 bits per heavy atom. The van der Waals surface area contributed by atoms with Gasteiger partial charge in [-0.2, -0.15) is 0 Å². The first-order valence-electron chi connectivity index (χ1n) is 12.2. The van der Waals surface area contributed by atoms with Gasteiger partial charge in [-0.15, -0.1) is 0 Å². The fraction of sp³-hybridized carbons (Fsp3) is 0.464. The smallest absolute Gasteiger partial charge is 0.152 e. The van der Waals surface area contributed by atoms with Crippen LogP contribution >= 0.6 is 11.6 Å². The summed E-state index contributed by atoms with van der Waals surface area (Å²) in [5, 5.41) is 0.635. The van der Waals surface area contributed by atoms with Crippen LogP contribution < -0.4 is 4.74 Å². The summed E-state index contributed by atoms with van der Waals surface area (Å²) >= 11 is 6.79. The maximum Gasteiger partial charge on any atom is 0.152 e. The fourth-order valence-electron chi connectivity index (χ4n) is 4.14. The van der Waals surface area contributed by atoms with E-state index in [-0.39, 0.29) is 0 Å². The van der Waals surface area contributed by atoms with E-state index in [0.29, 0.717) is 5.15 Å². The molecule has 0 aliphatic rings. The standard InChI is InChI=1S/C28H38ClN3O/c1-5-7-18-31(20-17-23-13-15-24(33-4)16-14-23)21-26-27(29)30-28(32(26)19-8-6-2)25-12-10-9-11-22(25)3/h9-16H,5-8,17-21H2,1-4H3. The van der Waals surface area contributed by atoms with Gasteiger partial charge in [-0.05, 0) is 56.0 Å². The van der Waals surface area contributed by atoms with Crippen molar-refractivity contribution in [3.05, 3.63) is 70.5 Å². The number of aryl methyl sites for hydroxylation is 1. The van der Waals surface area contributed by atoms with E-state index in [1.54, 1.807) is 7.11 Å². The number of ether oxygens (including phenoxy) is 1. The number of aromatic nitrogens is 2. The monoisotopic (exact) mass is 467 g/mol. The van der Waals surface area contributed by atoms with Crippen molar-refractivity contribution < 1.29 is 4.74 Å². The van der Waals surface area contributed by atoms with Crippen molar-refractivity contribution >= 4 is 11.6 Å². The molecular weight excluding hydrogens is 430 g/mol. The number of nitrogens with zero attached hydrogens (tertiary/aromatic N) is 3. The predicted molar refractivity (Wildman–Crippen MR) is 139 cm³/mol. The topological polar surface area (TPSA) is 30.3 Å². The molecule has 0 saturated carbocycles. The zero-order chi connectivity index (χ0) is 23.6. The molecule has 1 aromatic heterocycles. The second kappa shape index (κ2) is 12.8. The van der Waals surface area contributed by atoms with E-state index in [1.165, 1.54) is 29.5 Å². The van der Waals surface area contributed by atoms with Gasteiger partial charge >= 0.3 is 0 Å². The Hall–Kier alpha value is -2.30. The van der Waals surface area contributed by atoms with Crippen LogP contribution in [0.4, 0.5) is 0 Å². The Bertz CT molecular complexity index is 997. The Labute approximate surface area is 204 Å². The highest BCUT2D eigenvalue weighted by molar-refractivity contribution is 6.30. The van der Waals surface area contributed by atoms with Crippen LogP contribution in [0.25, 0.3) is 11.4 Å². The highest BCUT2D eigenvalue weighted by Crippen LogP contribution is 2.29. The molecule has 33 heavy (non-hydrogen) atoms. The van der Waals surface area contributed by atoms with Crippen LogP contribution in [0, 0.1) is 6.92 Å². The maximum absolute atomic E-state index is 6.79. The summed E-state index contributed by atoms with van der Waals surface area (Å²) in [6.45, 7) is 10.4. The van der Waals surface area contributed by atoms with E-state index < -0.39 is 0 Å². The third-order valence-corrected chi connectivity index (χ3v) is 6.52. The number of methoxy groups -OCH3 is 1. The van der Waals surface area contributed by atoms with Gasteiger partial charge in [0.25, 0.3) is 0 Å². The van der Waals surface area contributed by atoms with Crippen LogP contribution in [0.3, 0.4) is 0 Å². The number of hydrogen-bond acceptors (Lipinski definition) is 3. The lowest BCUT2D eigenvalue weighted by Crippen LogP contribution is -2.28. The predicted octanol–water partition coefficient (Wildman–Crippen LogP) is 7.17. The average Bonchev–Trinajstić information content (AvgIpc) is 3.14. The zero-order valence-corrected chi connectivity index (χ0v) is 21.4. The number of rotatable bonds is 13. The van der Waals surface area contributed by atoms with Gasteiger partial charge in [0.15, 0.2) is 5.15 Å². The Morgan fingerprint density at radius 1 is 0.970 bits per heavy atom. The van der Waals surface area contributed by atoms with Crippen LogP contribution in [0.1, 0.15) is 56.4 Å². The molecule has 0 aliphatic carbocycles. The molecule has 0 atom stereocenters. The van der Waals surface area contributed by atoms with E-state index in [4.69, 9.17) is 21.3 Å². The lowest BCUT2D eigenvalue weighted by Gasteiger charge is -2.24. The van der Waals surface area contributed by atoms with Gasteiger partial charge in [0.2, 0.25) is 0 Å². The van der Waals surface area contributed by atoms with Gasteiger partial charge in [-0.3, -0.25) is 4.90 Å². The number of imidazole rings is 1. The summed E-state index contributed by atoms with van der Waals surface area (Å²) in [5.41, 5.74) is 4.85. The third kappa shape index (κ3) is 6.84. The molecule has 3 rings (SSSR count). The molecule has 2 aromatic carbocycles. The van der Waals surface area contributed by atoms with Crippen LogP contribution in [-0.4, -0.2) is 34.7 Å². The first-order chi connectivity index (χ1) is 16.1. The molecular formula is C28H38ClN3O. The van der Waals surface area contributed by atoms with Gasteiger partial charge in [-0.25, -0.2) is 4.98 Å². The minimum atomic E-state index is 0.635. The van der Waals surface area contributed by atoms with Crippen LogP contribution in [0.5, 0.6) is 5.75 Å². The molecule has 0 fully saturated rings. The first kappa shape index (κ1) is 25.3. The Morgan fingerprint density at radius 3 is 2.36 bits per heavy atom.